The molecule has 2 amide bonds. The second kappa shape index (κ2) is 9.18. The average Bonchev–Trinajstić information content (AvgIpc) is 2.62. The molecule has 0 aliphatic rings. The number of rotatable bonds is 4. The Labute approximate surface area is 159 Å². The number of nitrogens with one attached hydrogen (secondary N) is 3. The van der Waals surface area contributed by atoms with Crippen molar-refractivity contribution in [1.29, 1.82) is 0 Å². The number of benzene rings is 2. The van der Waals surface area contributed by atoms with Gasteiger partial charge in [-0.15, -0.1) is 0 Å². The first-order valence-electron chi connectivity index (χ1n) is 7.45. The number of alkyl carbamates (subject to hydrolysis) is 1. The Morgan fingerprint density at radius 1 is 1.04 bits per heavy atom. The molecule has 2 rings (SSSR count). The first-order chi connectivity index (χ1) is 12.4. The molecule has 26 heavy (non-hydrogen) atoms. The molecule has 0 fully saturated rings. The van der Waals surface area contributed by atoms with Crippen LogP contribution in [0.1, 0.15) is 6.92 Å². The highest BCUT2D eigenvalue weighted by molar-refractivity contribution is 7.91. The lowest BCUT2D eigenvalue weighted by molar-refractivity contribution is -0.114. The van der Waals surface area contributed by atoms with Crippen LogP contribution < -0.4 is 16.0 Å². The van der Waals surface area contributed by atoms with Gasteiger partial charge in [-0.25, -0.2) is 4.79 Å². The highest BCUT2D eigenvalue weighted by Gasteiger charge is 2.18. The summed E-state index contributed by atoms with van der Waals surface area (Å²) in [6, 6.07) is 13.8. The van der Waals surface area contributed by atoms with Crippen molar-refractivity contribution in [1.82, 2.24) is 5.32 Å². The Morgan fingerprint density at radius 2 is 1.73 bits per heavy atom. The van der Waals surface area contributed by atoms with Crippen molar-refractivity contribution in [3.63, 3.8) is 0 Å². The van der Waals surface area contributed by atoms with E-state index in [4.69, 9.17) is 12.2 Å². The third-order valence-electron chi connectivity index (χ3n) is 3.12. The zero-order valence-corrected chi connectivity index (χ0v) is 15.7. The van der Waals surface area contributed by atoms with E-state index in [2.05, 4.69) is 20.7 Å². The first kappa shape index (κ1) is 19.7. The van der Waals surface area contributed by atoms with E-state index in [-0.39, 0.29) is 11.0 Å². The second-order valence-corrected chi connectivity index (χ2v) is 6.93. The Bertz CT molecular complexity index is 815. The van der Waals surface area contributed by atoms with Gasteiger partial charge in [-0.1, -0.05) is 18.2 Å². The SMILES string of the molecule is COC(=O)NC(=S)Nc1ccc([S+]([O-])c2ccccc2)cc1NC(C)=O. The summed E-state index contributed by atoms with van der Waals surface area (Å²) in [5, 5.41) is 7.75. The topological polar surface area (TPSA) is 103 Å². The lowest BCUT2D eigenvalue weighted by Gasteiger charge is -2.16. The van der Waals surface area contributed by atoms with E-state index in [1.54, 1.807) is 42.5 Å². The van der Waals surface area contributed by atoms with E-state index in [0.29, 0.717) is 21.2 Å². The Balaban J connectivity index is 2.28. The van der Waals surface area contributed by atoms with Crippen molar-refractivity contribution in [2.45, 2.75) is 16.7 Å². The monoisotopic (exact) mass is 391 g/mol. The van der Waals surface area contributed by atoms with Crippen LogP contribution in [0.25, 0.3) is 0 Å². The van der Waals surface area contributed by atoms with Crippen LogP contribution in [-0.2, 0) is 20.7 Å². The number of methoxy groups -OCH3 is 1. The molecule has 9 heteroatoms. The molecule has 136 valence electrons. The highest BCUT2D eigenvalue weighted by atomic mass is 32.2. The molecule has 2 aromatic carbocycles. The fourth-order valence-electron chi connectivity index (χ4n) is 2.02. The van der Waals surface area contributed by atoms with Crippen molar-refractivity contribution in [3.8, 4) is 0 Å². The molecule has 0 aromatic heterocycles. The minimum atomic E-state index is -1.41. The molecule has 7 nitrogen and oxygen atoms in total. The molecular formula is C17H17N3O4S2. The van der Waals surface area contributed by atoms with Crippen LogP contribution in [-0.4, -0.2) is 28.8 Å². The number of carbonyl (C=O) groups is 2. The first-order valence-corrected chi connectivity index (χ1v) is 9.01. The Kier molecular flexibility index (Phi) is 6.96. The van der Waals surface area contributed by atoms with E-state index in [9.17, 15) is 14.1 Å². The molecule has 3 N–H and O–H groups in total. The molecule has 0 bridgehead atoms. The summed E-state index contributed by atoms with van der Waals surface area (Å²) < 4.78 is 17.1. The summed E-state index contributed by atoms with van der Waals surface area (Å²) in [5.41, 5.74) is 0.823. The summed E-state index contributed by atoms with van der Waals surface area (Å²) in [6.07, 6.45) is -0.717. The molecule has 1 atom stereocenters. The van der Waals surface area contributed by atoms with Gasteiger partial charge in [0.1, 0.15) is 0 Å². The van der Waals surface area contributed by atoms with Crippen LogP contribution >= 0.6 is 12.2 Å². The number of hydrogen-bond acceptors (Lipinski definition) is 5. The van der Waals surface area contributed by atoms with Gasteiger partial charge in [-0.3, -0.25) is 10.1 Å². The smallest absolute Gasteiger partial charge is 0.413 e. The third-order valence-corrected chi connectivity index (χ3v) is 4.71. The predicted molar refractivity (Wildman–Crippen MR) is 104 cm³/mol. The van der Waals surface area contributed by atoms with E-state index in [1.165, 1.54) is 14.0 Å². The fourth-order valence-corrected chi connectivity index (χ4v) is 3.30. The maximum Gasteiger partial charge on any atom is 0.413 e. The van der Waals surface area contributed by atoms with Gasteiger partial charge in [0.05, 0.1) is 18.5 Å². The number of amides is 2. The normalized spacial score (nSPS) is 11.2. The van der Waals surface area contributed by atoms with Gasteiger partial charge in [0.2, 0.25) is 5.91 Å². The van der Waals surface area contributed by atoms with E-state index in [1.807, 2.05) is 6.07 Å². The molecule has 0 saturated carbocycles. The number of ether oxygens (including phenoxy) is 1. The molecular weight excluding hydrogens is 374 g/mol. The van der Waals surface area contributed by atoms with Crippen LogP contribution in [0.2, 0.25) is 0 Å². The maximum atomic E-state index is 12.7. The Morgan fingerprint density at radius 3 is 2.35 bits per heavy atom. The van der Waals surface area contributed by atoms with Crippen molar-refractivity contribution < 1.29 is 18.9 Å². The molecule has 1 unspecified atom stereocenters. The molecule has 0 radical (unpaired) electrons. The maximum absolute atomic E-state index is 12.7. The molecule has 0 aliphatic heterocycles. The van der Waals surface area contributed by atoms with Gasteiger partial charge in [0, 0.05) is 24.2 Å². The van der Waals surface area contributed by atoms with Gasteiger partial charge in [-0.2, -0.15) is 0 Å². The molecule has 2 aromatic rings. The van der Waals surface area contributed by atoms with Gasteiger partial charge < -0.3 is 19.9 Å². The average molecular weight is 391 g/mol. The number of thiocarbonyl (C=S) groups is 1. The molecule has 0 saturated heterocycles. The number of hydrogen-bond donors (Lipinski definition) is 3. The van der Waals surface area contributed by atoms with Crippen LogP contribution in [0, 0.1) is 0 Å². The van der Waals surface area contributed by atoms with E-state index >= 15 is 0 Å². The molecule has 0 aliphatic carbocycles. The van der Waals surface area contributed by atoms with E-state index in [0.717, 1.165) is 0 Å². The van der Waals surface area contributed by atoms with Gasteiger partial charge in [0.15, 0.2) is 14.9 Å². The Hall–Kier alpha value is -2.62. The zero-order valence-electron chi connectivity index (χ0n) is 14.1. The summed E-state index contributed by atoms with van der Waals surface area (Å²) in [7, 11) is 1.22. The summed E-state index contributed by atoms with van der Waals surface area (Å²) in [4.78, 5) is 23.8. The highest BCUT2D eigenvalue weighted by Crippen LogP contribution is 2.29. The van der Waals surface area contributed by atoms with Gasteiger partial charge in [-0.05, 0) is 36.5 Å². The second-order valence-electron chi connectivity index (χ2n) is 5.04. The van der Waals surface area contributed by atoms with Gasteiger partial charge >= 0.3 is 6.09 Å². The fraction of sp³-hybridized carbons (Fsp3) is 0.118. The quantitative estimate of drug-likeness (QED) is 0.547. The largest absolute Gasteiger partial charge is 0.606 e. The summed E-state index contributed by atoms with van der Waals surface area (Å²) >= 11 is 3.61. The van der Waals surface area contributed by atoms with Crippen LogP contribution in [0.3, 0.4) is 0 Å². The van der Waals surface area contributed by atoms with Crippen molar-refractivity contribution >= 4 is 51.9 Å². The predicted octanol–water partition coefficient (Wildman–Crippen LogP) is 2.86. The number of anilines is 2. The molecule has 0 heterocycles. The van der Waals surface area contributed by atoms with Gasteiger partial charge in [0.25, 0.3) is 0 Å². The van der Waals surface area contributed by atoms with Crippen LogP contribution in [0.4, 0.5) is 16.2 Å². The van der Waals surface area contributed by atoms with E-state index < -0.39 is 17.3 Å². The lowest BCUT2D eigenvalue weighted by atomic mass is 10.2. The van der Waals surface area contributed by atoms with Crippen molar-refractivity contribution in [2.75, 3.05) is 17.7 Å². The molecule has 0 spiro atoms. The summed E-state index contributed by atoms with van der Waals surface area (Å²) in [6.45, 7) is 1.36. The standard InChI is InChI=1S/C17H17N3O4S2/c1-11(21)18-15-10-13(26(23)12-6-4-3-5-7-12)8-9-14(15)19-16(25)20-17(22)24-2/h3-10H,1-2H3,(H,18,21)(H2,19,20,22,25). The van der Waals surface area contributed by atoms with Crippen LogP contribution in [0.15, 0.2) is 58.3 Å². The number of carbonyl (C=O) groups excluding carboxylic acids is 2. The van der Waals surface area contributed by atoms with Crippen LogP contribution in [0.5, 0.6) is 0 Å². The van der Waals surface area contributed by atoms with Crippen molar-refractivity contribution in [2.24, 2.45) is 0 Å². The van der Waals surface area contributed by atoms with Crippen molar-refractivity contribution in [3.05, 3.63) is 48.5 Å². The lowest BCUT2D eigenvalue weighted by Crippen LogP contribution is -2.34. The third kappa shape index (κ3) is 5.45. The minimum Gasteiger partial charge on any atom is -0.606 e. The summed E-state index contributed by atoms with van der Waals surface area (Å²) in [5.74, 6) is -0.303. The zero-order chi connectivity index (χ0) is 19.1. The minimum absolute atomic E-state index is 0.000355.